The first-order valence-electron chi connectivity index (χ1n) is 9.98. The van der Waals surface area contributed by atoms with E-state index in [1.165, 1.54) is 16.7 Å². The Hall–Kier alpha value is -1.30. The summed E-state index contributed by atoms with van der Waals surface area (Å²) in [5.41, 5.74) is 3.96. The predicted octanol–water partition coefficient (Wildman–Crippen LogP) is 5.02. The fraction of sp³-hybridized carbons (Fsp3) is 0.435. The molecule has 1 atom stereocenters. The van der Waals surface area contributed by atoms with Crippen LogP contribution < -0.4 is 5.32 Å². The smallest absolute Gasteiger partial charge is 0.224 e. The summed E-state index contributed by atoms with van der Waals surface area (Å²) in [7, 11) is 0. The van der Waals surface area contributed by atoms with Crippen LogP contribution in [0.3, 0.4) is 0 Å². The Balaban J connectivity index is 1.36. The molecule has 0 aromatic heterocycles. The van der Waals surface area contributed by atoms with Gasteiger partial charge in [0.15, 0.2) is 0 Å². The van der Waals surface area contributed by atoms with Crippen molar-refractivity contribution in [2.24, 2.45) is 5.92 Å². The number of nitrogens with zero attached hydrogens (tertiary/aromatic N) is 1. The Morgan fingerprint density at radius 2 is 2.04 bits per heavy atom. The van der Waals surface area contributed by atoms with Crippen LogP contribution in [0.2, 0.25) is 0 Å². The molecule has 1 N–H and O–H groups in total. The lowest BCUT2D eigenvalue weighted by Crippen LogP contribution is -2.43. The highest BCUT2D eigenvalue weighted by atomic mass is 79.9. The van der Waals surface area contributed by atoms with Gasteiger partial charge in [0.2, 0.25) is 5.91 Å². The molecule has 28 heavy (non-hydrogen) atoms. The number of thioether (sulfide) groups is 1. The van der Waals surface area contributed by atoms with Crippen molar-refractivity contribution < 1.29 is 4.79 Å². The molecule has 5 heteroatoms. The number of hydrogen-bond acceptors (Lipinski definition) is 3. The quantitative estimate of drug-likeness (QED) is 0.561. The zero-order chi connectivity index (χ0) is 19.8. The number of aryl methyl sites for hydroxylation is 1. The van der Waals surface area contributed by atoms with Gasteiger partial charge in [0.05, 0.1) is 5.92 Å². The van der Waals surface area contributed by atoms with Crippen molar-refractivity contribution in [1.82, 2.24) is 10.2 Å². The Kier molecular flexibility index (Phi) is 8.44. The van der Waals surface area contributed by atoms with Gasteiger partial charge < -0.3 is 5.32 Å². The Bertz CT molecular complexity index is 765. The molecule has 0 spiro atoms. The minimum Gasteiger partial charge on any atom is -0.355 e. The minimum atomic E-state index is 0.117. The molecule has 1 fully saturated rings. The van der Waals surface area contributed by atoms with Crippen LogP contribution in [0.25, 0.3) is 0 Å². The number of likely N-dealkylation sites (tertiary alicyclic amines) is 1. The van der Waals surface area contributed by atoms with Crippen molar-refractivity contribution >= 4 is 33.6 Å². The lowest BCUT2D eigenvalue weighted by Gasteiger charge is -2.32. The average molecular weight is 461 g/mol. The summed E-state index contributed by atoms with van der Waals surface area (Å²) in [4.78, 5) is 15.0. The molecular formula is C23H29BrN2OS. The molecule has 2 aromatic carbocycles. The molecule has 0 bridgehead atoms. The van der Waals surface area contributed by atoms with Gasteiger partial charge in [-0.05, 0) is 49.6 Å². The van der Waals surface area contributed by atoms with Gasteiger partial charge in [-0.2, -0.15) is 11.8 Å². The number of benzene rings is 2. The summed E-state index contributed by atoms with van der Waals surface area (Å²) >= 11 is 5.36. The van der Waals surface area contributed by atoms with E-state index in [0.717, 1.165) is 55.0 Å². The molecule has 0 saturated carbocycles. The number of nitrogens with one attached hydrogen (secondary N) is 1. The highest BCUT2D eigenvalue weighted by Crippen LogP contribution is 2.20. The van der Waals surface area contributed by atoms with Crippen molar-refractivity contribution in [3.8, 4) is 0 Å². The highest BCUT2D eigenvalue weighted by Gasteiger charge is 2.25. The third-order valence-corrected chi connectivity index (χ3v) is 6.65. The highest BCUT2D eigenvalue weighted by molar-refractivity contribution is 9.10. The number of carbonyl (C=O) groups excluding carboxylic acids is 1. The molecule has 0 aliphatic carbocycles. The molecule has 1 aliphatic rings. The zero-order valence-electron chi connectivity index (χ0n) is 16.5. The lowest BCUT2D eigenvalue weighted by molar-refractivity contribution is -0.126. The standard InChI is InChI=1S/C23H29BrN2OS/c1-18-4-2-5-20(14-18)17-28-13-11-25-23(27)21-6-3-12-26(16-21)15-19-7-9-22(24)10-8-19/h2,4-5,7-10,14,21H,3,6,11-13,15-17H2,1H3,(H,25,27). The van der Waals surface area contributed by atoms with Crippen LogP contribution in [0.1, 0.15) is 29.5 Å². The fourth-order valence-electron chi connectivity index (χ4n) is 3.64. The van der Waals surface area contributed by atoms with Crippen molar-refractivity contribution in [1.29, 1.82) is 0 Å². The first-order valence-corrected chi connectivity index (χ1v) is 11.9. The van der Waals surface area contributed by atoms with E-state index in [2.05, 4.69) is 81.6 Å². The first kappa shape index (κ1) is 21.4. The molecule has 3 nitrogen and oxygen atoms in total. The van der Waals surface area contributed by atoms with Gasteiger partial charge in [0.1, 0.15) is 0 Å². The maximum atomic E-state index is 12.6. The second-order valence-electron chi connectivity index (χ2n) is 7.53. The Morgan fingerprint density at radius 3 is 2.82 bits per heavy atom. The predicted molar refractivity (Wildman–Crippen MR) is 122 cm³/mol. The molecule has 1 heterocycles. The van der Waals surface area contributed by atoms with Gasteiger partial charge in [0.25, 0.3) is 0 Å². The van der Waals surface area contributed by atoms with E-state index in [1.807, 2.05) is 11.8 Å². The van der Waals surface area contributed by atoms with Gasteiger partial charge >= 0.3 is 0 Å². The molecular weight excluding hydrogens is 432 g/mol. The van der Waals surface area contributed by atoms with E-state index < -0.39 is 0 Å². The molecule has 1 unspecified atom stereocenters. The van der Waals surface area contributed by atoms with E-state index in [1.54, 1.807) is 0 Å². The van der Waals surface area contributed by atoms with Crippen LogP contribution in [0.5, 0.6) is 0 Å². The van der Waals surface area contributed by atoms with Crippen LogP contribution in [-0.4, -0.2) is 36.2 Å². The molecule has 0 radical (unpaired) electrons. The van der Waals surface area contributed by atoms with E-state index in [-0.39, 0.29) is 11.8 Å². The Morgan fingerprint density at radius 1 is 1.21 bits per heavy atom. The monoisotopic (exact) mass is 460 g/mol. The van der Waals surface area contributed by atoms with Gasteiger partial charge in [-0.25, -0.2) is 0 Å². The molecule has 3 rings (SSSR count). The number of carbonyl (C=O) groups is 1. The third-order valence-electron chi connectivity index (χ3n) is 5.09. The maximum Gasteiger partial charge on any atom is 0.224 e. The normalized spacial score (nSPS) is 17.4. The summed E-state index contributed by atoms with van der Waals surface area (Å²) in [5, 5.41) is 3.15. The van der Waals surface area contributed by atoms with Gasteiger partial charge in [-0.15, -0.1) is 0 Å². The van der Waals surface area contributed by atoms with E-state index in [4.69, 9.17) is 0 Å². The van der Waals surface area contributed by atoms with E-state index in [9.17, 15) is 4.79 Å². The van der Waals surface area contributed by atoms with Gasteiger partial charge in [-0.1, -0.05) is 57.9 Å². The summed E-state index contributed by atoms with van der Waals surface area (Å²) in [5.74, 6) is 2.29. The number of amides is 1. The topological polar surface area (TPSA) is 32.3 Å². The zero-order valence-corrected chi connectivity index (χ0v) is 18.9. The van der Waals surface area contributed by atoms with Crippen molar-refractivity contribution in [3.63, 3.8) is 0 Å². The van der Waals surface area contributed by atoms with Crippen molar-refractivity contribution in [2.45, 2.75) is 32.1 Å². The molecule has 1 aliphatic heterocycles. The molecule has 1 saturated heterocycles. The average Bonchev–Trinajstić information content (AvgIpc) is 2.70. The molecule has 1 amide bonds. The Labute approximate surface area is 181 Å². The van der Waals surface area contributed by atoms with Gasteiger partial charge in [0, 0.05) is 35.6 Å². The number of piperidine rings is 1. The number of halogens is 1. The summed E-state index contributed by atoms with van der Waals surface area (Å²) in [6.07, 6.45) is 2.09. The summed E-state index contributed by atoms with van der Waals surface area (Å²) < 4.78 is 1.10. The fourth-order valence-corrected chi connectivity index (χ4v) is 4.71. The molecule has 2 aromatic rings. The third kappa shape index (κ3) is 6.94. The van der Waals surface area contributed by atoms with Crippen LogP contribution >= 0.6 is 27.7 Å². The van der Waals surface area contributed by atoms with Crippen LogP contribution in [-0.2, 0) is 17.1 Å². The lowest BCUT2D eigenvalue weighted by atomic mass is 9.96. The minimum absolute atomic E-state index is 0.117. The SMILES string of the molecule is Cc1cccc(CSCCNC(=O)C2CCCN(Cc3ccc(Br)cc3)C2)c1. The summed E-state index contributed by atoms with van der Waals surface area (Å²) in [6.45, 7) is 5.73. The van der Waals surface area contributed by atoms with Crippen molar-refractivity contribution in [3.05, 3.63) is 69.7 Å². The van der Waals surface area contributed by atoms with Crippen LogP contribution in [0.15, 0.2) is 53.0 Å². The largest absolute Gasteiger partial charge is 0.355 e. The van der Waals surface area contributed by atoms with Gasteiger partial charge in [-0.3, -0.25) is 9.69 Å². The van der Waals surface area contributed by atoms with Crippen molar-refractivity contribution in [2.75, 3.05) is 25.4 Å². The second kappa shape index (κ2) is 11.0. The maximum absolute atomic E-state index is 12.6. The van der Waals surface area contributed by atoms with Crippen LogP contribution in [0, 0.1) is 12.8 Å². The van der Waals surface area contributed by atoms with E-state index in [0.29, 0.717) is 0 Å². The first-order chi connectivity index (χ1) is 13.6. The van der Waals surface area contributed by atoms with Crippen LogP contribution in [0.4, 0.5) is 0 Å². The number of rotatable bonds is 8. The van der Waals surface area contributed by atoms with E-state index >= 15 is 0 Å². The second-order valence-corrected chi connectivity index (χ2v) is 9.55. The summed E-state index contributed by atoms with van der Waals surface area (Å²) in [6, 6.07) is 17.1. The number of hydrogen-bond donors (Lipinski definition) is 1. The molecule has 150 valence electrons.